The van der Waals surface area contributed by atoms with E-state index in [0.29, 0.717) is 12.8 Å². The summed E-state index contributed by atoms with van der Waals surface area (Å²) in [6, 6.07) is 0. The van der Waals surface area contributed by atoms with Crippen molar-refractivity contribution in [3.63, 3.8) is 0 Å². The maximum atomic E-state index is 12.7. The zero-order chi connectivity index (χ0) is 46.0. The molecule has 0 aliphatic carbocycles. The Balaban J connectivity index is 4.81. The van der Waals surface area contributed by atoms with E-state index in [2.05, 4.69) is 102 Å². The van der Waals surface area contributed by atoms with Gasteiger partial charge in [0.25, 0.3) is 0 Å². The second-order valence-electron chi connectivity index (χ2n) is 14.1. The Bertz CT molecular complexity index is 1520. The largest absolute Gasteiger partial charge is 0.472 e. The number of aliphatic hydroxyl groups excluding tert-OH is 2. The molecule has 0 saturated heterocycles. The molecule has 4 atom stereocenters. The van der Waals surface area contributed by atoms with Gasteiger partial charge in [0.15, 0.2) is 6.10 Å². The number of phosphoric acid groups is 2. The Morgan fingerprint density at radius 2 is 1.02 bits per heavy atom. The van der Waals surface area contributed by atoms with Gasteiger partial charge in [0.2, 0.25) is 0 Å². The molecule has 0 bridgehead atoms. The van der Waals surface area contributed by atoms with E-state index in [4.69, 9.17) is 23.8 Å². The molecule has 2 unspecified atom stereocenters. The highest BCUT2D eigenvalue weighted by Crippen LogP contribution is 2.43. The molecular weight excluding hydrogens is 838 g/mol. The average molecular weight is 913 g/mol. The molecule has 62 heavy (non-hydrogen) atoms. The summed E-state index contributed by atoms with van der Waals surface area (Å²) < 4.78 is 47.5. The van der Waals surface area contributed by atoms with Gasteiger partial charge >= 0.3 is 27.6 Å². The number of hydrogen-bond donors (Lipinski definition) is 5. The molecule has 0 aliphatic heterocycles. The van der Waals surface area contributed by atoms with Gasteiger partial charge < -0.3 is 34.4 Å². The van der Waals surface area contributed by atoms with Crippen molar-refractivity contribution in [3.05, 3.63) is 109 Å². The molecule has 0 radical (unpaired) electrons. The Morgan fingerprint density at radius 1 is 0.532 bits per heavy atom. The fourth-order valence-corrected chi connectivity index (χ4v) is 6.16. The first-order valence-corrected chi connectivity index (χ1v) is 24.7. The summed E-state index contributed by atoms with van der Waals surface area (Å²) in [5, 5.41) is 20.1. The lowest BCUT2D eigenvalue weighted by atomic mass is 10.1. The molecule has 352 valence electrons. The number of carbonyl (C=O) groups excluding carboxylic acids is 2. The number of aliphatic hydroxyl groups is 2. The first-order chi connectivity index (χ1) is 29.8. The Morgan fingerprint density at radius 3 is 1.58 bits per heavy atom. The molecule has 16 heteroatoms. The standard InChI is InChI=1S/C46H74O14P2/c1-3-5-7-9-11-13-15-17-19-21-22-24-26-28-30-32-34-42(47)36-37-46(50)60-44(41-59-62(54,55)58-39-43(48)38-57-61(51,52)53)40-56-45(49)35-33-31-29-27-25-23-20-18-16-14-12-10-8-6-4-2/h5-8,11-14,17-20,22,24,28,30,32,34,42-44,47-48H,3-4,9-10,15-16,21,23,25-27,29,31,33,35-41H2,1-2H3,(H,54,55)(H2,51,52,53)/b7-5-,8-6-,13-11-,14-12-,19-17-,20-18-,24-22-,30-28-,34-32-/t42?,43-,44+/m0/s1. The molecule has 0 spiro atoms. The summed E-state index contributed by atoms with van der Waals surface area (Å²) in [7, 11) is -9.78. The van der Waals surface area contributed by atoms with E-state index in [9.17, 15) is 33.8 Å². The Kier molecular flexibility index (Phi) is 38.4. The normalized spacial score (nSPS) is 15.5. The van der Waals surface area contributed by atoms with E-state index in [1.54, 1.807) is 12.2 Å². The van der Waals surface area contributed by atoms with Gasteiger partial charge in [-0.2, -0.15) is 0 Å². The van der Waals surface area contributed by atoms with Gasteiger partial charge in [0.05, 0.1) is 25.9 Å². The second-order valence-corrected chi connectivity index (χ2v) is 16.7. The van der Waals surface area contributed by atoms with E-state index in [0.717, 1.165) is 77.0 Å². The van der Waals surface area contributed by atoms with Crippen LogP contribution < -0.4 is 0 Å². The lowest BCUT2D eigenvalue weighted by Gasteiger charge is -2.20. The van der Waals surface area contributed by atoms with Crippen LogP contribution >= 0.6 is 15.6 Å². The first-order valence-electron chi connectivity index (χ1n) is 21.7. The summed E-state index contributed by atoms with van der Waals surface area (Å²) in [5.74, 6) is -1.35. The van der Waals surface area contributed by atoms with E-state index in [-0.39, 0.29) is 19.3 Å². The van der Waals surface area contributed by atoms with E-state index in [1.165, 1.54) is 6.08 Å². The van der Waals surface area contributed by atoms with Crippen LogP contribution in [0.4, 0.5) is 0 Å². The molecule has 0 heterocycles. The Labute approximate surface area is 370 Å². The minimum atomic E-state index is -4.90. The van der Waals surface area contributed by atoms with Crippen molar-refractivity contribution in [1.82, 2.24) is 0 Å². The highest BCUT2D eigenvalue weighted by molar-refractivity contribution is 7.47. The highest BCUT2D eigenvalue weighted by atomic mass is 31.2. The fraction of sp³-hybridized carbons (Fsp3) is 0.565. The second kappa shape index (κ2) is 40.5. The number of allylic oxidation sites excluding steroid dienone is 17. The maximum Gasteiger partial charge on any atom is 0.472 e. The van der Waals surface area contributed by atoms with Gasteiger partial charge in [-0.15, -0.1) is 0 Å². The van der Waals surface area contributed by atoms with Crippen LogP contribution in [0.1, 0.15) is 123 Å². The van der Waals surface area contributed by atoms with Crippen LogP contribution in [0, 0.1) is 0 Å². The summed E-state index contributed by atoms with van der Waals surface area (Å²) in [4.78, 5) is 52.7. The monoisotopic (exact) mass is 912 g/mol. The predicted octanol–water partition coefficient (Wildman–Crippen LogP) is 10.1. The van der Waals surface area contributed by atoms with Crippen LogP contribution in [0.2, 0.25) is 0 Å². The van der Waals surface area contributed by atoms with Gasteiger partial charge in [-0.1, -0.05) is 142 Å². The molecule has 14 nitrogen and oxygen atoms in total. The SMILES string of the molecule is CC/C=C\C/C=C\C/C=C\C/C=C\C/C=C\C=C/C(O)CCC(=O)O[C@H](COC(=O)CCCCCCC/C=C\C/C=C\C/C=C\CC)COP(=O)(O)OC[C@@H](O)COP(=O)(O)O. The minimum Gasteiger partial charge on any atom is -0.462 e. The third-order valence-corrected chi connectivity index (χ3v) is 9.70. The smallest absolute Gasteiger partial charge is 0.462 e. The number of rotatable bonds is 39. The molecule has 5 N–H and O–H groups in total. The van der Waals surface area contributed by atoms with E-state index >= 15 is 0 Å². The first kappa shape index (κ1) is 58.7. The summed E-state index contributed by atoms with van der Waals surface area (Å²) in [6.07, 6.45) is 45.5. The summed E-state index contributed by atoms with van der Waals surface area (Å²) >= 11 is 0. The van der Waals surface area contributed by atoms with Crippen molar-refractivity contribution in [3.8, 4) is 0 Å². The number of esters is 2. The third kappa shape index (κ3) is 43.4. The molecule has 0 aromatic carbocycles. The van der Waals surface area contributed by atoms with Gasteiger partial charge in [0, 0.05) is 12.8 Å². The lowest BCUT2D eigenvalue weighted by molar-refractivity contribution is -0.161. The van der Waals surface area contributed by atoms with Crippen LogP contribution in [0.3, 0.4) is 0 Å². The number of carbonyl (C=O) groups is 2. The lowest BCUT2D eigenvalue weighted by Crippen LogP contribution is -2.30. The van der Waals surface area contributed by atoms with Crippen molar-refractivity contribution in [1.29, 1.82) is 0 Å². The van der Waals surface area contributed by atoms with E-state index < -0.39 is 72.3 Å². The zero-order valence-corrected chi connectivity index (χ0v) is 38.6. The van der Waals surface area contributed by atoms with Crippen molar-refractivity contribution in [2.45, 2.75) is 141 Å². The molecule has 0 aromatic heterocycles. The zero-order valence-electron chi connectivity index (χ0n) is 36.8. The fourth-order valence-electron chi connectivity index (χ4n) is 5.00. The highest BCUT2D eigenvalue weighted by Gasteiger charge is 2.28. The number of unbranched alkanes of at least 4 members (excludes halogenated alkanes) is 5. The predicted molar refractivity (Wildman–Crippen MR) is 245 cm³/mol. The number of ether oxygens (including phenoxy) is 2. The van der Waals surface area contributed by atoms with Crippen LogP contribution in [0.15, 0.2) is 109 Å². The molecular formula is C46H74O14P2. The van der Waals surface area contributed by atoms with Crippen molar-refractivity contribution in [2.75, 3.05) is 26.4 Å². The van der Waals surface area contributed by atoms with Crippen LogP contribution in [0.25, 0.3) is 0 Å². The number of hydrogen-bond acceptors (Lipinski definition) is 11. The molecule has 0 aliphatic rings. The molecule has 0 aromatic rings. The topological polar surface area (TPSA) is 216 Å². The van der Waals surface area contributed by atoms with Gasteiger partial charge in [-0.05, 0) is 77.0 Å². The van der Waals surface area contributed by atoms with Crippen molar-refractivity contribution in [2.24, 2.45) is 0 Å². The summed E-state index contributed by atoms with van der Waals surface area (Å²) in [6.45, 7) is 1.21. The van der Waals surface area contributed by atoms with Gasteiger partial charge in [-0.3, -0.25) is 23.2 Å². The molecule has 0 saturated carbocycles. The van der Waals surface area contributed by atoms with Crippen molar-refractivity contribution < 1.29 is 66.7 Å². The minimum absolute atomic E-state index is 0.00834. The van der Waals surface area contributed by atoms with Crippen LogP contribution in [-0.2, 0) is 41.8 Å². The molecule has 0 amide bonds. The van der Waals surface area contributed by atoms with Crippen LogP contribution in [0.5, 0.6) is 0 Å². The quantitative estimate of drug-likeness (QED) is 0.0128. The van der Waals surface area contributed by atoms with E-state index in [1.807, 2.05) is 12.2 Å². The van der Waals surface area contributed by atoms with Gasteiger partial charge in [0.1, 0.15) is 12.7 Å². The summed E-state index contributed by atoms with van der Waals surface area (Å²) in [5.41, 5.74) is 0. The molecule has 0 fully saturated rings. The van der Waals surface area contributed by atoms with Gasteiger partial charge in [-0.25, -0.2) is 9.13 Å². The average Bonchev–Trinajstić information content (AvgIpc) is 3.23. The number of phosphoric ester groups is 2. The maximum absolute atomic E-state index is 12.7. The Hall–Kier alpha value is -3.26. The molecule has 0 rings (SSSR count). The third-order valence-electron chi connectivity index (χ3n) is 8.26. The van der Waals surface area contributed by atoms with Crippen molar-refractivity contribution >= 4 is 27.6 Å². The van der Waals surface area contributed by atoms with Crippen LogP contribution in [-0.4, -0.2) is 81.6 Å².